The zero-order valence-corrected chi connectivity index (χ0v) is 13.5. The average molecular weight is 297 g/mol. The highest BCUT2D eigenvalue weighted by molar-refractivity contribution is 5.73. The van der Waals surface area contributed by atoms with Gasteiger partial charge in [0.1, 0.15) is 5.76 Å². The second-order valence-corrected chi connectivity index (χ2v) is 6.97. The van der Waals surface area contributed by atoms with Crippen LogP contribution in [0, 0.1) is 5.41 Å². The van der Waals surface area contributed by atoms with Gasteiger partial charge in [0.25, 0.3) is 0 Å². The fraction of sp³-hybridized carbons (Fsp3) is 0.421. The molecule has 0 amide bonds. The van der Waals surface area contributed by atoms with E-state index in [-0.39, 0.29) is 5.43 Å². The molecule has 0 aromatic carbocycles. The van der Waals surface area contributed by atoms with Crippen LogP contribution in [0.4, 0.5) is 5.88 Å². The fourth-order valence-electron chi connectivity index (χ4n) is 3.06. The van der Waals surface area contributed by atoms with Crippen LogP contribution < -0.4 is 11.2 Å². The highest BCUT2D eigenvalue weighted by atomic mass is 16.3. The lowest BCUT2D eigenvalue weighted by atomic mass is 9.77. The standard InChI is InChI=1S/C19H23NO2/c1-4-12-9-15-16(21)10-14(11-17(15)22-18(12)20)13-5-7-19(2,3)8-6-13/h5,9-11H,4,6-8,20H2,1-3H3. The van der Waals surface area contributed by atoms with E-state index in [0.717, 1.165) is 36.8 Å². The van der Waals surface area contributed by atoms with Crippen LogP contribution in [0.3, 0.4) is 0 Å². The smallest absolute Gasteiger partial charge is 0.194 e. The Morgan fingerprint density at radius 3 is 2.68 bits per heavy atom. The molecule has 1 aliphatic heterocycles. The van der Waals surface area contributed by atoms with Gasteiger partial charge < -0.3 is 10.2 Å². The van der Waals surface area contributed by atoms with Crippen molar-refractivity contribution in [1.29, 1.82) is 0 Å². The molecule has 0 fully saturated rings. The van der Waals surface area contributed by atoms with Crippen molar-refractivity contribution < 1.29 is 4.42 Å². The third kappa shape index (κ3) is 2.68. The van der Waals surface area contributed by atoms with Crippen molar-refractivity contribution in [3.8, 4) is 11.3 Å². The third-order valence-electron chi connectivity index (χ3n) is 4.68. The number of benzene rings is 1. The molecule has 22 heavy (non-hydrogen) atoms. The Kier molecular flexibility index (Phi) is 3.59. The molecular formula is C19H23NO2. The van der Waals surface area contributed by atoms with Crippen LogP contribution in [-0.4, -0.2) is 0 Å². The minimum atomic E-state index is 0.0108. The Bertz CT molecular complexity index is 768. The van der Waals surface area contributed by atoms with E-state index in [1.165, 1.54) is 5.57 Å². The van der Waals surface area contributed by atoms with Crippen LogP contribution in [0.25, 0.3) is 16.9 Å². The van der Waals surface area contributed by atoms with Crippen LogP contribution >= 0.6 is 0 Å². The lowest BCUT2D eigenvalue weighted by molar-refractivity contribution is 0.335. The monoisotopic (exact) mass is 297 g/mol. The third-order valence-corrected chi connectivity index (χ3v) is 4.68. The van der Waals surface area contributed by atoms with Crippen LogP contribution in [0.5, 0.6) is 0 Å². The number of nitrogens with two attached hydrogens (primary N) is 1. The minimum absolute atomic E-state index is 0.0108. The molecule has 0 aromatic heterocycles. The second-order valence-electron chi connectivity index (χ2n) is 6.97. The predicted molar refractivity (Wildman–Crippen MR) is 91.0 cm³/mol. The van der Waals surface area contributed by atoms with E-state index in [1.54, 1.807) is 6.07 Å². The van der Waals surface area contributed by atoms with Gasteiger partial charge in [-0.05, 0) is 60.4 Å². The highest BCUT2D eigenvalue weighted by Crippen LogP contribution is 2.38. The summed E-state index contributed by atoms with van der Waals surface area (Å²) in [6, 6.07) is 5.55. The van der Waals surface area contributed by atoms with Gasteiger partial charge in [-0.1, -0.05) is 26.8 Å². The van der Waals surface area contributed by atoms with Crippen molar-refractivity contribution in [1.82, 2.24) is 0 Å². The molecule has 2 aliphatic carbocycles. The molecule has 3 rings (SSSR count). The largest absolute Gasteiger partial charge is 0.441 e. The molecule has 3 nitrogen and oxygen atoms in total. The van der Waals surface area contributed by atoms with Gasteiger partial charge in [-0.25, -0.2) is 0 Å². The summed E-state index contributed by atoms with van der Waals surface area (Å²) >= 11 is 0. The van der Waals surface area contributed by atoms with Crippen molar-refractivity contribution in [2.24, 2.45) is 5.41 Å². The van der Waals surface area contributed by atoms with Crippen LogP contribution in [-0.2, 0) is 6.42 Å². The van der Waals surface area contributed by atoms with Crippen molar-refractivity contribution >= 4 is 11.5 Å². The van der Waals surface area contributed by atoms with Gasteiger partial charge in [0, 0.05) is 5.56 Å². The maximum absolute atomic E-state index is 12.4. The molecule has 1 heterocycles. The first-order valence-corrected chi connectivity index (χ1v) is 7.95. The number of aryl methyl sites for hydroxylation is 1. The van der Waals surface area contributed by atoms with Crippen molar-refractivity contribution in [2.45, 2.75) is 46.5 Å². The zero-order valence-electron chi connectivity index (χ0n) is 13.5. The van der Waals surface area contributed by atoms with Gasteiger partial charge >= 0.3 is 0 Å². The second kappa shape index (κ2) is 5.31. The van der Waals surface area contributed by atoms with Crippen LogP contribution in [0.2, 0.25) is 0 Å². The van der Waals surface area contributed by atoms with E-state index in [1.807, 2.05) is 19.1 Å². The molecule has 0 saturated carbocycles. The maximum atomic E-state index is 12.4. The first-order chi connectivity index (χ1) is 10.4. The predicted octanol–water partition coefficient (Wildman–Crippen LogP) is 4.48. The summed E-state index contributed by atoms with van der Waals surface area (Å²) in [5, 5.41) is 0. The summed E-state index contributed by atoms with van der Waals surface area (Å²) in [6.07, 6.45) is 6.20. The first-order valence-electron chi connectivity index (χ1n) is 7.95. The molecule has 0 radical (unpaired) electrons. The van der Waals surface area contributed by atoms with Gasteiger partial charge in [-0.15, -0.1) is 0 Å². The van der Waals surface area contributed by atoms with Gasteiger partial charge in [0.05, 0.1) is 5.56 Å². The summed E-state index contributed by atoms with van der Waals surface area (Å²) in [6.45, 7) is 6.56. The van der Waals surface area contributed by atoms with Crippen molar-refractivity contribution in [3.63, 3.8) is 0 Å². The van der Waals surface area contributed by atoms with E-state index in [9.17, 15) is 4.79 Å². The minimum Gasteiger partial charge on any atom is -0.441 e. The summed E-state index contributed by atoms with van der Waals surface area (Å²) in [5.74, 6) is 0.994. The number of nitrogen functional groups attached to an aromatic ring is 1. The fourth-order valence-corrected chi connectivity index (χ4v) is 3.06. The Morgan fingerprint density at radius 1 is 1.27 bits per heavy atom. The molecule has 0 aromatic rings. The molecule has 2 N–H and O–H groups in total. The number of fused-ring (bicyclic) bond motifs is 1. The van der Waals surface area contributed by atoms with Crippen molar-refractivity contribution in [3.05, 3.63) is 45.6 Å². The molecular weight excluding hydrogens is 274 g/mol. The Hall–Kier alpha value is -2.03. The van der Waals surface area contributed by atoms with E-state index < -0.39 is 0 Å². The Labute approximate surface area is 131 Å². The van der Waals surface area contributed by atoms with Gasteiger partial charge in [-0.2, -0.15) is 0 Å². The molecule has 0 saturated heterocycles. The number of hydrogen-bond acceptors (Lipinski definition) is 3. The van der Waals surface area contributed by atoms with Gasteiger partial charge in [0.2, 0.25) is 0 Å². The topological polar surface area (TPSA) is 56.2 Å². The average Bonchev–Trinajstić information content (AvgIpc) is 2.46. The number of allylic oxidation sites excluding steroid dienone is 2. The van der Waals surface area contributed by atoms with Gasteiger partial charge in [0.15, 0.2) is 11.3 Å². The van der Waals surface area contributed by atoms with E-state index in [4.69, 9.17) is 10.2 Å². The molecule has 3 heteroatoms. The van der Waals surface area contributed by atoms with Crippen LogP contribution in [0.1, 0.15) is 51.2 Å². The Balaban J connectivity index is 2.09. The maximum Gasteiger partial charge on any atom is 0.194 e. The number of rotatable bonds is 2. The SMILES string of the molecule is CCc1cc2c(=O)cc(C3=CCC(C)(C)CC3)cc-2oc1N. The number of hydrogen-bond donors (Lipinski definition) is 1. The lowest BCUT2D eigenvalue weighted by Gasteiger charge is -2.28. The Morgan fingerprint density at radius 2 is 2.05 bits per heavy atom. The normalized spacial score (nSPS) is 17.5. The van der Waals surface area contributed by atoms with Crippen molar-refractivity contribution in [2.75, 3.05) is 5.73 Å². The quantitative estimate of drug-likeness (QED) is 0.889. The molecule has 0 spiro atoms. The molecule has 0 atom stereocenters. The van der Waals surface area contributed by atoms with Gasteiger partial charge in [-0.3, -0.25) is 4.79 Å². The molecule has 3 aliphatic rings. The summed E-state index contributed by atoms with van der Waals surface area (Å²) in [5.41, 5.74) is 10.0. The van der Waals surface area contributed by atoms with Crippen LogP contribution in [0.15, 0.2) is 33.5 Å². The first kappa shape index (κ1) is 14.9. The van der Waals surface area contributed by atoms with E-state index in [0.29, 0.717) is 22.6 Å². The lowest BCUT2D eigenvalue weighted by Crippen LogP contribution is -2.15. The highest BCUT2D eigenvalue weighted by Gasteiger charge is 2.23. The molecule has 116 valence electrons. The van der Waals surface area contributed by atoms with E-state index >= 15 is 0 Å². The summed E-state index contributed by atoms with van der Waals surface area (Å²) in [7, 11) is 0. The van der Waals surface area contributed by atoms with E-state index in [2.05, 4.69) is 19.9 Å². The zero-order chi connectivity index (χ0) is 15.9. The molecule has 0 bridgehead atoms. The molecule has 0 unspecified atom stereocenters. The summed E-state index contributed by atoms with van der Waals surface area (Å²) in [4.78, 5) is 12.4. The number of anilines is 1. The summed E-state index contributed by atoms with van der Waals surface area (Å²) < 4.78 is 5.69.